The molecule has 156 valence electrons. The highest BCUT2D eigenvalue weighted by atomic mass is 35.5. The molecular formula is C19H20Cl2FN3O3S. The number of anilines is 1. The summed E-state index contributed by atoms with van der Waals surface area (Å²) in [6, 6.07) is 9.32. The predicted molar refractivity (Wildman–Crippen MR) is 111 cm³/mol. The van der Waals surface area contributed by atoms with E-state index in [-0.39, 0.29) is 34.7 Å². The number of amides is 1. The first-order valence-corrected chi connectivity index (χ1v) is 11.2. The number of hydrazine groups is 1. The van der Waals surface area contributed by atoms with Gasteiger partial charge in [0.15, 0.2) is 0 Å². The minimum atomic E-state index is -3.76. The fourth-order valence-electron chi connectivity index (χ4n) is 3.32. The van der Waals surface area contributed by atoms with Crippen LogP contribution in [-0.2, 0) is 14.8 Å². The average molecular weight is 460 g/mol. The van der Waals surface area contributed by atoms with Gasteiger partial charge in [0.1, 0.15) is 5.82 Å². The summed E-state index contributed by atoms with van der Waals surface area (Å²) in [6.07, 6.45) is 1.39. The van der Waals surface area contributed by atoms with Crippen LogP contribution in [0.5, 0.6) is 0 Å². The predicted octanol–water partition coefficient (Wildman–Crippen LogP) is 3.83. The van der Waals surface area contributed by atoms with Gasteiger partial charge in [-0.1, -0.05) is 23.2 Å². The molecule has 0 spiro atoms. The molecular weight excluding hydrogens is 440 g/mol. The second-order valence-electron chi connectivity index (χ2n) is 6.89. The van der Waals surface area contributed by atoms with Gasteiger partial charge in [-0.3, -0.25) is 4.79 Å². The van der Waals surface area contributed by atoms with Gasteiger partial charge in [0, 0.05) is 24.5 Å². The van der Waals surface area contributed by atoms with Crippen LogP contribution < -0.4 is 10.9 Å². The van der Waals surface area contributed by atoms with Crippen molar-refractivity contribution in [1.29, 1.82) is 0 Å². The molecule has 29 heavy (non-hydrogen) atoms. The van der Waals surface area contributed by atoms with Crippen LogP contribution in [0.15, 0.2) is 47.4 Å². The second-order valence-corrected chi connectivity index (χ2v) is 9.67. The molecule has 1 aliphatic heterocycles. The minimum Gasteiger partial charge on any atom is -0.273 e. The second kappa shape index (κ2) is 8.97. The van der Waals surface area contributed by atoms with Crippen molar-refractivity contribution < 1.29 is 17.6 Å². The fourth-order valence-corrected chi connectivity index (χ4v) is 5.38. The van der Waals surface area contributed by atoms with Crippen LogP contribution in [0.1, 0.15) is 19.3 Å². The Morgan fingerprint density at radius 1 is 1.21 bits per heavy atom. The number of piperidine rings is 1. The number of rotatable bonds is 5. The Kier molecular flexibility index (Phi) is 6.80. The Balaban J connectivity index is 1.69. The van der Waals surface area contributed by atoms with Crippen LogP contribution in [0.4, 0.5) is 10.1 Å². The van der Waals surface area contributed by atoms with Crippen molar-refractivity contribution in [3.05, 3.63) is 58.3 Å². The number of benzene rings is 2. The van der Waals surface area contributed by atoms with Gasteiger partial charge in [-0.2, -0.15) is 4.31 Å². The highest BCUT2D eigenvalue weighted by Gasteiger charge is 2.32. The van der Waals surface area contributed by atoms with Gasteiger partial charge in [-0.05, 0) is 61.2 Å². The summed E-state index contributed by atoms with van der Waals surface area (Å²) in [5, 5.41) is 1.64. The smallest absolute Gasteiger partial charge is 0.243 e. The molecule has 2 N–H and O–H groups in total. The van der Waals surface area contributed by atoms with Gasteiger partial charge >= 0.3 is 0 Å². The summed E-state index contributed by atoms with van der Waals surface area (Å²) in [6.45, 7) is 0.535. The molecule has 1 atom stereocenters. The molecule has 1 fully saturated rings. The molecule has 1 aliphatic rings. The lowest BCUT2D eigenvalue weighted by Crippen LogP contribution is -2.43. The van der Waals surface area contributed by atoms with E-state index in [0.29, 0.717) is 30.1 Å². The molecule has 0 saturated carbocycles. The van der Waals surface area contributed by atoms with Crippen LogP contribution in [0.3, 0.4) is 0 Å². The zero-order valence-corrected chi connectivity index (χ0v) is 17.7. The molecule has 0 radical (unpaired) electrons. The summed E-state index contributed by atoms with van der Waals surface area (Å²) < 4.78 is 40.1. The Bertz CT molecular complexity index is 1000. The number of sulfonamides is 1. The van der Waals surface area contributed by atoms with E-state index in [1.54, 1.807) is 12.1 Å². The zero-order valence-electron chi connectivity index (χ0n) is 15.4. The van der Waals surface area contributed by atoms with E-state index >= 15 is 0 Å². The van der Waals surface area contributed by atoms with Gasteiger partial charge in [-0.15, -0.1) is 0 Å². The van der Waals surface area contributed by atoms with E-state index in [4.69, 9.17) is 29.0 Å². The minimum absolute atomic E-state index is 0.0271. The molecule has 0 aliphatic carbocycles. The van der Waals surface area contributed by atoms with E-state index < -0.39 is 15.8 Å². The molecule has 0 bridgehead atoms. The molecule has 6 nitrogen and oxygen atoms in total. The highest BCUT2D eigenvalue weighted by Crippen LogP contribution is 2.30. The molecule has 1 amide bonds. The third-order valence-electron chi connectivity index (χ3n) is 4.83. The fraction of sp³-hybridized carbons (Fsp3) is 0.316. The Labute approximate surface area is 179 Å². The standard InChI is InChI=1S/C19H20Cl2FN3O3S/c20-14-3-8-18(17(21)11-14)25(23)19(26)10-13-2-1-9-24(12-13)29(27,28)16-6-4-15(22)5-7-16/h3-8,11,13H,1-2,9-10,12,23H2. The Morgan fingerprint density at radius 2 is 1.90 bits per heavy atom. The summed E-state index contributed by atoms with van der Waals surface area (Å²) in [5.41, 5.74) is 0.327. The summed E-state index contributed by atoms with van der Waals surface area (Å²) in [7, 11) is -3.76. The third kappa shape index (κ3) is 5.07. The number of carbonyl (C=O) groups is 1. The SMILES string of the molecule is NN(C(=O)CC1CCCN(S(=O)(=O)c2ccc(F)cc2)C1)c1ccc(Cl)cc1Cl. The summed E-state index contributed by atoms with van der Waals surface area (Å²) >= 11 is 12.0. The van der Waals surface area contributed by atoms with Crippen molar-refractivity contribution in [2.24, 2.45) is 11.8 Å². The number of halogens is 3. The quantitative estimate of drug-likeness (QED) is 0.418. The Morgan fingerprint density at radius 3 is 2.55 bits per heavy atom. The van der Waals surface area contributed by atoms with E-state index in [1.165, 1.54) is 22.5 Å². The lowest BCUT2D eigenvalue weighted by atomic mass is 9.95. The van der Waals surface area contributed by atoms with Crippen LogP contribution in [0, 0.1) is 11.7 Å². The van der Waals surface area contributed by atoms with Crippen molar-refractivity contribution in [3.8, 4) is 0 Å². The van der Waals surface area contributed by atoms with Crippen LogP contribution in [0.2, 0.25) is 10.0 Å². The molecule has 3 rings (SSSR count). The van der Waals surface area contributed by atoms with Gasteiger partial charge in [0.2, 0.25) is 15.9 Å². The van der Waals surface area contributed by atoms with Gasteiger partial charge in [-0.25, -0.2) is 23.7 Å². The lowest BCUT2D eigenvalue weighted by Gasteiger charge is -2.32. The topological polar surface area (TPSA) is 83.7 Å². The zero-order chi connectivity index (χ0) is 21.2. The largest absolute Gasteiger partial charge is 0.273 e. The first-order valence-electron chi connectivity index (χ1n) is 8.97. The maximum atomic E-state index is 13.1. The van der Waals surface area contributed by atoms with E-state index in [1.807, 2.05) is 0 Å². The van der Waals surface area contributed by atoms with Crippen molar-refractivity contribution in [1.82, 2.24) is 4.31 Å². The molecule has 2 aromatic rings. The number of nitrogens with two attached hydrogens (primary N) is 1. The molecule has 1 saturated heterocycles. The molecule has 2 aromatic carbocycles. The average Bonchev–Trinajstić information content (AvgIpc) is 2.68. The van der Waals surface area contributed by atoms with Crippen molar-refractivity contribution >= 4 is 44.8 Å². The first kappa shape index (κ1) is 22.0. The molecule has 0 aromatic heterocycles. The van der Waals surface area contributed by atoms with Gasteiger partial charge in [0.25, 0.3) is 0 Å². The Hall–Kier alpha value is -1.71. The summed E-state index contributed by atoms with van der Waals surface area (Å²) in [4.78, 5) is 12.6. The van der Waals surface area contributed by atoms with Crippen molar-refractivity contribution in [2.45, 2.75) is 24.2 Å². The maximum absolute atomic E-state index is 13.1. The monoisotopic (exact) mass is 459 g/mol. The van der Waals surface area contributed by atoms with Crippen LogP contribution in [0.25, 0.3) is 0 Å². The highest BCUT2D eigenvalue weighted by molar-refractivity contribution is 7.89. The third-order valence-corrected chi connectivity index (χ3v) is 7.25. The van der Waals surface area contributed by atoms with Crippen molar-refractivity contribution in [3.63, 3.8) is 0 Å². The van der Waals surface area contributed by atoms with Gasteiger partial charge in [0.05, 0.1) is 15.6 Å². The molecule has 1 unspecified atom stereocenters. The first-order chi connectivity index (χ1) is 13.7. The number of hydrogen-bond acceptors (Lipinski definition) is 4. The normalized spacial score (nSPS) is 17.9. The van der Waals surface area contributed by atoms with E-state index in [9.17, 15) is 17.6 Å². The molecule has 1 heterocycles. The summed E-state index contributed by atoms with van der Waals surface area (Å²) in [5.74, 6) is 4.85. The van der Waals surface area contributed by atoms with E-state index in [0.717, 1.165) is 17.1 Å². The lowest BCUT2D eigenvalue weighted by molar-refractivity contribution is -0.119. The van der Waals surface area contributed by atoms with Crippen LogP contribution >= 0.6 is 23.2 Å². The van der Waals surface area contributed by atoms with Crippen LogP contribution in [-0.4, -0.2) is 31.7 Å². The number of carbonyl (C=O) groups excluding carboxylic acids is 1. The number of nitrogens with zero attached hydrogens (tertiary/aromatic N) is 2. The van der Waals surface area contributed by atoms with Crippen molar-refractivity contribution in [2.75, 3.05) is 18.1 Å². The van der Waals surface area contributed by atoms with Gasteiger partial charge < -0.3 is 0 Å². The number of hydrogen-bond donors (Lipinski definition) is 1. The van der Waals surface area contributed by atoms with E-state index in [2.05, 4.69) is 0 Å². The molecule has 10 heteroatoms. The maximum Gasteiger partial charge on any atom is 0.243 e.